The summed E-state index contributed by atoms with van der Waals surface area (Å²) in [6, 6.07) is 5.04. The fourth-order valence-corrected chi connectivity index (χ4v) is 1.88. The zero-order chi connectivity index (χ0) is 13.0. The second kappa shape index (κ2) is 6.17. The van der Waals surface area contributed by atoms with Crippen molar-refractivity contribution in [3.8, 4) is 0 Å². The number of rotatable bonds is 5. The SMILES string of the molecule is CC(Br)C(=O)c1cc(CCl)ccc1CC(=O)O. The predicted octanol–water partition coefficient (Wildman–Crippen LogP) is 3.02. The van der Waals surface area contributed by atoms with Crippen molar-refractivity contribution in [2.45, 2.75) is 24.1 Å². The van der Waals surface area contributed by atoms with Gasteiger partial charge in [0.1, 0.15) is 0 Å². The van der Waals surface area contributed by atoms with Gasteiger partial charge in [-0.05, 0) is 24.1 Å². The molecule has 0 bridgehead atoms. The summed E-state index contributed by atoms with van der Waals surface area (Å²) in [4.78, 5) is 22.3. The van der Waals surface area contributed by atoms with Crippen molar-refractivity contribution >= 4 is 39.3 Å². The van der Waals surface area contributed by atoms with Gasteiger partial charge in [-0.25, -0.2) is 0 Å². The van der Waals surface area contributed by atoms with Crippen LogP contribution in [-0.4, -0.2) is 21.7 Å². The van der Waals surface area contributed by atoms with E-state index in [9.17, 15) is 9.59 Å². The number of carboxylic acid groups (broad SMARTS) is 1. The molecule has 17 heavy (non-hydrogen) atoms. The number of benzene rings is 1. The molecule has 0 heterocycles. The number of hydrogen-bond donors (Lipinski definition) is 1. The molecule has 92 valence electrons. The van der Waals surface area contributed by atoms with E-state index >= 15 is 0 Å². The molecule has 1 unspecified atom stereocenters. The molecule has 0 aliphatic heterocycles. The lowest BCUT2D eigenvalue weighted by molar-refractivity contribution is -0.136. The Morgan fingerprint density at radius 3 is 2.59 bits per heavy atom. The summed E-state index contributed by atoms with van der Waals surface area (Å²) in [7, 11) is 0. The van der Waals surface area contributed by atoms with E-state index in [-0.39, 0.29) is 17.0 Å². The fraction of sp³-hybridized carbons (Fsp3) is 0.333. The van der Waals surface area contributed by atoms with E-state index in [4.69, 9.17) is 16.7 Å². The summed E-state index contributed by atoms with van der Waals surface area (Å²) in [6.07, 6.45) is -0.163. The highest BCUT2D eigenvalue weighted by Crippen LogP contribution is 2.19. The minimum Gasteiger partial charge on any atom is -0.481 e. The van der Waals surface area contributed by atoms with Gasteiger partial charge in [-0.1, -0.05) is 28.1 Å². The molecule has 0 aliphatic carbocycles. The monoisotopic (exact) mass is 318 g/mol. The lowest BCUT2D eigenvalue weighted by Gasteiger charge is -2.10. The maximum absolute atomic E-state index is 11.9. The molecule has 1 aromatic carbocycles. The van der Waals surface area contributed by atoms with Crippen molar-refractivity contribution in [3.63, 3.8) is 0 Å². The molecule has 1 aromatic rings. The van der Waals surface area contributed by atoms with Crippen LogP contribution < -0.4 is 0 Å². The van der Waals surface area contributed by atoms with E-state index < -0.39 is 5.97 Å². The normalized spacial score (nSPS) is 12.2. The zero-order valence-corrected chi connectivity index (χ0v) is 11.6. The minimum atomic E-state index is -0.958. The van der Waals surface area contributed by atoms with E-state index in [2.05, 4.69) is 15.9 Å². The third-order valence-corrected chi connectivity index (χ3v) is 3.02. The highest BCUT2D eigenvalue weighted by Gasteiger charge is 2.17. The molecule has 0 saturated heterocycles. The summed E-state index contributed by atoms with van der Waals surface area (Å²) in [5.41, 5.74) is 1.75. The van der Waals surface area contributed by atoms with E-state index in [0.717, 1.165) is 5.56 Å². The first-order valence-electron chi connectivity index (χ1n) is 5.03. The van der Waals surface area contributed by atoms with Crippen molar-refractivity contribution < 1.29 is 14.7 Å². The number of ketones is 1. The van der Waals surface area contributed by atoms with Crippen LogP contribution in [0.1, 0.15) is 28.4 Å². The molecular formula is C12H12BrClO3. The van der Waals surface area contributed by atoms with Crippen LogP contribution in [0.2, 0.25) is 0 Å². The molecule has 5 heteroatoms. The smallest absolute Gasteiger partial charge is 0.307 e. The van der Waals surface area contributed by atoms with Crippen LogP contribution in [0, 0.1) is 0 Å². The average molecular weight is 320 g/mol. The fourth-order valence-electron chi connectivity index (χ4n) is 1.47. The summed E-state index contributed by atoms with van der Waals surface area (Å²) < 4.78 is 0. The van der Waals surface area contributed by atoms with Crippen molar-refractivity contribution in [1.29, 1.82) is 0 Å². The Morgan fingerprint density at radius 1 is 1.47 bits per heavy atom. The minimum absolute atomic E-state index is 0.131. The first-order valence-corrected chi connectivity index (χ1v) is 6.48. The van der Waals surface area contributed by atoms with Crippen LogP contribution in [-0.2, 0) is 17.1 Å². The number of alkyl halides is 2. The topological polar surface area (TPSA) is 54.4 Å². The highest BCUT2D eigenvalue weighted by atomic mass is 79.9. The van der Waals surface area contributed by atoms with Crippen molar-refractivity contribution in [3.05, 3.63) is 34.9 Å². The Labute approximate surface area is 113 Å². The van der Waals surface area contributed by atoms with Crippen molar-refractivity contribution in [1.82, 2.24) is 0 Å². The molecular weight excluding hydrogens is 307 g/mol. The number of hydrogen-bond acceptors (Lipinski definition) is 2. The summed E-state index contributed by atoms with van der Waals surface area (Å²) in [5.74, 6) is -0.794. The van der Waals surface area contributed by atoms with Crippen LogP contribution in [0.25, 0.3) is 0 Å². The van der Waals surface area contributed by atoms with Gasteiger partial charge >= 0.3 is 5.97 Å². The molecule has 0 radical (unpaired) electrons. The Morgan fingerprint density at radius 2 is 2.12 bits per heavy atom. The first kappa shape index (κ1) is 14.2. The van der Waals surface area contributed by atoms with Gasteiger partial charge in [0, 0.05) is 11.4 Å². The molecule has 1 atom stereocenters. The van der Waals surface area contributed by atoms with Crippen molar-refractivity contribution in [2.24, 2.45) is 0 Å². The Kier molecular flexibility index (Phi) is 5.15. The van der Waals surface area contributed by atoms with E-state index in [1.807, 2.05) is 0 Å². The van der Waals surface area contributed by atoms with Gasteiger partial charge in [-0.15, -0.1) is 11.6 Å². The molecule has 0 aromatic heterocycles. The van der Waals surface area contributed by atoms with Crippen LogP contribution in [0.4, 0.5) is 0 Å². The number of halogens is 2. The third kappa shape index (κ3) is 3.82. The van der Waals surface area contributed by atoms with Gasteiger partial charge in [0.25, 0.3) is 0 Å². The molecule has 0 fully saturated rings. The standard InChI is InChI=1S/C12H12BrClO3/c1-7(13)12(17)10-4-8(6-14)2-3-9(10)5-11(15)16/h2-4,7H,5-6H2,1H3,(H,15,16). The lowest BCUT2D eigenvalue weighted by atomic mass is 9.97. The number of carbonyl (C=O) groups excluding carboxylic acids is 1. The maximum atomic E-state index is 11.9. The predicted molar refractivity (Wildman–Crippen MR) is 70.1 cm³/mol. The maximum Gasteiger partial charge on any atom is 0.307 e. The van der Waals surface area contributed by atoms with Gasteiger partial charge in [0.2, 0.25) is 0 Å². The van der Waals surface area contributed by atoms with Gasteiger partial charge in [-0.3, -0.25) is 9.59 Å². The number of carboxylic acids is 1. The van der Waals surface area contributed by atoms with E-state index in [0.29, 0.717) is 17.0 Å². The second-order valence-electron chi connectivity index (χ2n) is 3.68. The molecule has 0 spiro atoms. The highest BCUT2D eigenvalue weighted by molar-refractivity contribution is 9.10. The van der Waals surface area contributed by atoms with Gasteiger partial charge in [0.05, 0.1) is 11.2 Å². The van der Waals surface area contributed by atoms with Gasteiger partial charge in [-0.2, -0.15) is 0 Å². The zero-order valence-electron chi connectivity index (χ0n) is 9.24. The van der Waals surface area contributed by atoms with Crippen LogP contribution in [0.3, 0.4) is 0 Å². The lowest BCUT2D eigenvalue weighted by Crippen LogP contribution is -2.15. The average Bonchev–Trinajstić information content (AvgIpc) is 2.27. The van der Waals surface area contributed by atoms with Gasteiger partial charge < -0.3 is 5.11 Å². The summed E-state index contributed by atoms with van der Waals surface area (Å²) in [6.45, 7) is 1.71. The Balaban J connectivity index is 3.20. The second-order valence-corrected chi connectivity index (χ2v) is 5.32. The molecule has 0 amide bonds. The number of carbonyl (C=O) groups is 2. The molecule has 0 saturated carbocycles. The van der Waals surface area contributed by atoms with Crippen LogP contribution in [0.5, 0.6) is 0 Å². The Bertz CT molecular complexity index is 443. The van der Waals surface area contributed by atoms with Gasteiger partial charge in [0.15, 0.2) is 5.78 Å². The van der Waals surface area contributed by atoms with Crippen LogP contribution >= 0.6 is 27.5 Å². The first-order chi connectivity index (χ1) is 7.95. The molecule has 3 nitrogen and oxygen atoms in total. The molecule has 0 aliphatic rings. The Hall–Kier alpha value is -0.870. The summed E-state index contributed by atoms with van der Waals surface area (Å²) in [5, 5.41) is 8.79. The molecule has 1 N–H and O–H groups in total. The molecule has 1 rings (SSSR count). The van der Waals surface area contributed by atoms with E-state index in [1.54, 1.807) is 25.1 Å². The summed E-state index contributed by atoms with van der Waals surface area (Å²) >= 11 is 8.90. The largest absolute Gasteiger partial charge is 0.481 e. The number of aliphatic carboxylic acids is 1. The van der Waals surface area contributed by atoms with Crippen LogP contribution in [0.15, 0.2) is 18.2 Å². The van der Waals surface area contributed by atoms with Crippen molar-refractivity contribution in [2.75, 3.05) is 0 Å². The quantitative estimate of drug-likeness (QED) is 0.670. The third-order valence-electron chi connectivity index (χ3n) is 2.30. The number of Topliss-reactive ketones (excluding diaryl/α,β-unsaturated/α-hetero) is 1. The van der Waals surface area contributed by atoms with E-state index in [1.165, 1.54) is 0 Å².